The minimum Gasteiger partial charge on any atom is -0.330 e. The maximum Gasteiger partial charge on any atom is 0.0345 e. The van der Waals surface area contributed by atoms with Crippen LogP contribution in [0.25, 0.3) is 10.1 Å². The minimum atomic E-state index is 0.577. The van der Waals surface area contributed by atoms with Crippen LogP contribution in [-0.2, 0) is 6.42 Å². The number of hydrogen-bond acceptors (Lipinski definition) is 2. The van der Waals surface area contributed by atoms with Crippen molar-refractivity contribution in [2.24, 2.45) is 11.7 Å². The second kappa shape index (κ2) is 4.11. The fourth-order valence-electron chi connectivity index (χ4n) is 1.65. The van der Waals surface area contributed by atoms with Crippen molar-refractivity contribution in [1.29, 1.82) is 0 Å². The van der Waals surface area contributed by atoms with E-state index in [2.05, 4.69) is 36.6 Å². The highest BCUT2D eigenvalue weighted by molar-refractivity contribution is 7.17. The Balaban J connectivity index is 2.33. The fraction of sp³-hybridized carbons (Fsp3) is 0.333. The number of fused-ring (bicyclic) bond motifs is 1. The second-order valence-electron chi connectivity index (χ2n) is 3.80. The topological polar surface area (TPSA) is 26.0 Å². The van der Waals surface area contributed by atoms with Gasteiger partial charge in [-0.05, 0) is 41.3 Å². The molecule has 0 aliphatic heterocycles. The Morgan fingerprint density at radius 2 is 2.14 bits per heavy atom. The molecule has 0 radical (unpaired) electrons. The van der Waals surface area contributed by atoms with Gasteiger partial charge < -0.3 is 5.73 Å². The highest BCUT2D eigenvalue weighted by Crippen LogP contribution is 2.27. The first-order valence-electron chi connectivity index (χ1n) is 4.96. The van der Waals surface area contributed by atoms with E-state index >= 15 is 0 Å². The van der Waals surface area contributed by atoms with E-state index in [1.54, 1.807) is 0 Å². The molecule has 0 amide bonds. The molecule has 14 heavy (non-hydrogen) atoms. The average Bonchev–Trinajstić information content (AvgIpc) is 2.62. The summed E-state index contributed by atoms with van der Waals surface area (Å²) < 4.78 is 1.38. The monoisotopic (exact) mass is 205 g/mol. The van der Waals surface area contributed by atoms with Gasteiger partial charge in [0, 0.05) is 4.70 Å². The first-order valence-corrected chi connectivity index (χ1v) is 5.84. The Morgan fingerprint density at radius 3 is 2.93 bits per heavy atom. The van der Waals surface area contributed by atoms with Crippen molar-refractivity contribution in [3.63, 3.8) is 0 Å². The predicted molar refractivity (Wildman–Crippen MR) is 63.7 cm³/mol. The molecule has 1 aromatic carbocycles. The molecular formula is C12H15NS. The molecule has 1 aromatic heterocycles. The van der Waals surface area contributed by atoms with E-state index < -0.39 is 0 Å². The first kappa shape index (κ1) is 9.69. The van der Waals surface area contributed by atoms with Crippen LogP contribution in [0.1, 0.15) is 12.5 Å². The van der Waals surface area contributed by atoms with Crippen LogP contribution >= 0.6 is 11.3 Å². The number of rotatable bonds is 3. The number of nitrogens with two attached hydrogens (primary N) is 1. The van der Waals surface area contributed by atoms with Gasteiger partial charge in [0.05, 0.1) is 0 Å². The Morgan fingerprint density at radius 1 is 1.36 bits per heavy atom. The summed E-state index contributed by atoms with van der Waals surface area (Å²) in [6.07, 6.45) is 1.10. The van der Waals surface area contributed by atoms with E-state index in [1.165, 1.54) is 15.6 Å². The SMILES string of the molecule is CC(CN)Cc1csc2ccccc12. The van der Waals surface area contributed by atoms with E-state index in [1.807, 2.05) is 11.3 Å². The van der Waals surface area contributed by atoms with Crippen molar-refractivity contribution in [1.82, 2.24) is 0 Å². The Bertz CT molecular complexity index is 419. The Kier molecular flexibility index (Phi) is 2.85. The lowest BCUT2D eigenvalue weighted by Crippen LogP contribution is -2.12. The van der Waals surface area contributed by atoms with Gasteiger partial charge in [-0.1, -0.05) is 25.1 Å². The Labute approximate surface area is 88.6 Å². The van der Waals surface area contributed by atoms with Crippen molar-refractivity contribution in [3.05, 3.63) is 35.2 Å². The average molecular weight is 205 g/mol. The van der Waals surface area contributed by atoms with Gasteiger partial charge in [-0.15, -0.1) is 11.3 Å². The number of thiophene rings is 1. The third-order valence-corrected chi connectivity index (χ3v) is 3.54. The molecule has 2 aromatic rings. The van der Waals surface area contributed by atoms with Crippen molar-refractivity contribution in [2.45, 2.75) is 13.3 Å². The highest BCUT2D eigenvalue weighted by atomic mass is 32.1. The summed E-state index contributed by atoms with van der Waals surface area (Å²) in [5.41, 5.74) is 7.08. The van der Waals surface area contributed by atoms with Gasteiger partial charge in [0.15, 0.2) is 0 Å². The van der Waals surface area contributed by atoms with Crippen molar-refractivity contribution >= 4 is 21.4 Å². The molecular weight excluding hydrogens is 190 g/mol. The molecule has 0 aliphatic rings. The van der Waals surface area contributed by atoms with E-state index in [4.69, 9.17) is 5.73 Å². The lowest BCUT2D eigenvalue weighted by atomic mass is 10.0. The largest absolute Gasteiger partial charge is 0.330 e. The van der Waals surface area contributed by atoms with E-state index in [-0.39, 0.29) is 0 Å². The zero-order chi connectivity index (χ0) is 9.97. The van der Waals surface area contributed by atoms with Crippen molar-refractivity contribution in [3.8, 4) is 0 Å². The molecule has 0 bridgehead atoms. The van der Waals surface area contributed by atoms with Crippen LogP contribution in [0.5, 0.6) is 0 Å². The summed E-state index contributed by atoms with van der Waals surface area (Å²) in [5.74, 6) is 0.577. The molecule has 0 saturated heterocycles. The quantitative estimate of drug-likeness (QED) is 0.819. The molecule has 1 atom stereocenters. The van der Waals surface area contributed by atoms with Crippen molar-refractivity contribution in [2.75, 3.05) is 6.54 Å². The van der Waals surface area contributed by atoms with Crippen LogP contribution in [0.3, 0.4) is 0 Å². The molecule has 2 N–H and O–H groups in total. The molecule has 1 heterocycles. The lowest BCUT2D eigenvalue weighted by molar-refractivity contribution is 0.596. The van der Waals surface area contributed by atoms with Crippen LogP contribution in [0.4, 0.5) is 0 Å². The molecule has 0 aliphatic carbocycles. The standard InChI is InChI=1S/C12H15NS/c1-9(7-13)6-10-8-14-12-5-3-2-4-11(10)12/h2-5,8-9H,6-7,13H2,1H3. The molecule has 0 saturated carbocycles. The van der Waals surface area contributed by atoms with Crippen LogP contribution in [0.15, 0.2) is 29.6 Å². The summed E-state index contributed by atoms with van der Waals surface area (Å²) in [4.78, 5) is 0. The van der Waals surface area contributed by atoms with Gasteiger partial charge in [-0.3, -0.25) is 0 Å². The van der Waals surface area contributed by atoms with Gasteiger partial charge in [0.2, 0.25) is 0 Å². The third kappa shape index (κ3) is 1.81. The minimum absolute atomic E-state index is 0.577. The van der Waals surface area contributed by atoms with E-state index in [0.717, 1.165) is 13.0 Å². The molecule has 0 spiro atoms. The van der Waals surface area contributed by atoms with Crippen LogP contribution < -0.4 is 5.73 Å². The van der Waals surface area contributed by atoms with Gasteiger partial charge in [-0.25, -0.2) is 0 Å². The fourth-order valence-corrected chi connectivity index (χ4v) is 2.63. The summed E-state index contributed by atoms with van der Waals surface area (Å²) in [6, 6.07) is 8.57. The second-order valence-corrected chi connectivity index (χ2v) is 4.71. The van der Waals surface area contributed by atoms with E-state index in [0.29, 0.717) is 5.92 Å². The van der Waals surface area contributed by atoms with E-state index in [9.17, 15) is 0 Å². The van der Waals surface area contributed by atoms with Gasteiger partial charge in [-0.2, -0.15) is 0 Å². The highest BCUT2D eigenvalue weighted by Gasteiger charge is 2.06. The summed E-state index contributed by atoms with van der Waals surface area (Å²) >= 11 is 1.83. The zero-order valence-corrected chi connectivity index (χ0v) is 9.18. The molecule has 1 unspecified atom stereocenters. The molecule has 2 rings (SSSR count). The maximum atomic E-state index is 5.64. The maximum absolute atomic E-state index is 5.64. The summed E-state index contributed by atoms with van der Waals surface area (Å²) in [5, 5.41) is 3.66. The van der Waals surface area contributed by atoms with Crippen molar-refractivity contribution < 1.29 is 0 Å². The summed E-state index contributed by atoms with van der Waals surface area (Å²) in [6.45, 7) is 2.97. The normalized spacial score (nSPS) is 13.3. The molecule has 1 nitrogen and oxygen atoms in total. The predicted octanol–water partition coefficient (Wildman–Crippen LogP) is 3.04. The van der Waals surface area contributed by atoms with Gasteiger partial charge in [0.25, 0.3) is 0 Å². The number of hydrogen-bond donors (Lipinski definition) is 1. The van der Waals surface area contributed by atoms with Crippen LogP contribution in [0, 0.1) is 5.92 Å². The third-order valence-electron chi connectivity index (χ3n) is 2.53. The summed E-state index contributed by atoms with van der Waals surface area (Å²) in [7, 11) is 0. The van der Waals surface area contributed by atoms with Crippen LogP contribution in [0.2, 0.25) is 0 Å². The Hall–Kier alpha value is -0.860. The molecule has 74 valence electrons. The van der Waals surface area contributed by atoms with Gasteiger partial charge in [0.1, 0.15) is 0 Å². The smallest absolute Gasteiger partial charge is 0.0345 e. The lowest BCUT2D eigenvalue weighted by Gasteiger charge is -2.06. The zero-order valence-electron chi connectivity index (χ0n) is 8.36. The molecule has 2 heteroatoms. The molecule has 0 fully saturated rings. The van der Waals surface area contributed by atoms with Crippen LogP contribution in [-0.4, -0.2) is 6.54 Å². The van der Waals surface area contributed by atoms with Gasteiger partial charge >= 0.3 is 0 Å². The number of benzene rings is 1. The first-order chi connectivity index (χ1) is 6.81.